The van der Waals surface area contributed by atoms with E-state index < -0.39 is 123 Å². The average Bonchev–Trinajstić information content (AvgIpc) is 3.13. The van der Waals surface area contributed by atoms with Crippen LogP contribution in [0.5, 0.6) is 28.7 Å². The van der Waals surface area contributed by atoms with Crippen LogP contribution in [-0.2, 0) is 18.9 Å². The summed E-state index contributed by atoms with van der Waals surface area (Å²) in [4.78, 5) is 0. The van der Waals surface area contributed by atoms with E-state index in [1.165, 1.54) is 19.1 Å². The molecule has 0 unspecified atom stereocenters. The van der Waals surface area contributed by atoms with Crippen LogP contribution in [0.3, 0.4) is 0 Å². The van der Waals surface area contributed by atoms with Gasteiger partial charge in [-0.1, -0.05) is 0 Å². The lowest BCUT2D eigenvalue weighted by Crippen LogP contribution is -3.00. The zero-order valence-corrected chi connectivity index (χ0v) is 28.8. The predicted octanol–water partition coefficient (Wildman–Crippen LogP) is -6.29. The Morgan fingerprint density at radius 3 is 1.81 bits per heavy atom. The molecule has 3 saturated heterocycles. The van der Waals surface area contributed by atoms with Gasteiger partial charge in [0.05, 0.1) is 30.9 Å². The number of phenolic OH excluding ortho intramolecular Hbond substituents is 3. The molecule has 15 atom stereocenters. The van der Waals surface area contributed by atoms with Gasteiger partial charge in [-0.25, -0.2) is 4.42 Å². The first-order chi connectivity index (χ1) is 25.1. The Kier molecular flexibility index (Phi) is 12.9. The van der Waals surface area contributed by atoms with Crippen molar-refractivity contribution in [2.75, 3.05) is 13.2 Å². The molecule has 3 fully saturated rings. The highest BCUT2D eigenvalue weighted by Crippen LogP contribution is 2.43. The number of phenols is 3. The van der Waals surface area contributed by atoms with Crippen molar-refractivity contribution in [3.05, 3.63) is 36.4 Å². The molecule has 21 heteroatoms. The summed E-state index contributed by atoms with van der Waals surface area (Å²) in [6, 6.07) is 7.01. The summed E-state index contributed by atoms with van der Waals surface area (Å²) >= 11 is 0. The lowest BCUT2D eigenvalue weighted by atomic mass is 9.98. The molecule has 54 heavy (non-hydrogen) atoms. The van der Waals surface area contributed by atoms with Crippen LogP contribution in [0.25, 0.3) is 22.3 Å². The number of rotatable bonds is 9. The first-order valence-electron chi connectivity index (χ1n) is 16.4. The maximum Gasteiger partial charge on any atom is 0.402 e. The first-order valence-corrected chi connectivity index (χ1v) is 16.4. The predicted molar refractivity (Wildman–Crippen MR) is 171 cm³/mol. The van der Waals surface area contributed by atoms with Crippen molar-refractivity contribution in [3.63, 3.8) is 0 Å². The van der Waals surface area contributed by atoms with Gasteiger partial charge in [0.15, 0.2) is 17.8 Å². The number of halogens is 1. The standard InChI is InChI=1S/C33H40O20.ClH/c1-10-21(38)24(41)27(44)31(48-10)47-9-20-23(40)26(43)29(46)33(53-20)51-18-7-13-16(49-30(18)11-2-3-14(36)15(37)4-11)5-12(35)6-17(13)50-32-28(45)25(42)22(39)19(8-34)52-32;/h2-7,10,19-29,31-34,38-46H,8-9H2,1H3,(H2-,35,36,37);1H/t10-,19+,20+,21-,22+,23+,24+,25-,26-,27+,28+,29+,31+,32+,33+;/m0./s1. The minimum Gasteiger partial charge on any atom is -1.00 e. The Hall–Kier alpha value is -3.42. The summed E-state index contributed by atoms with van der Waals surface area (Å²) in [5.74, 6) is -2.24. The van der Waals surface area contributed by atoms with Crippen LogP contribution in [-0.4, -0.2) is 172 Å². The average molecular weight is 793 g/mol. The van der Waals surface area contributed by atoms with E-state index in [1.54, 1.807) is 0 Å². The molecular weight excluding hydrogens is 752 g/mol. The number of benzene rings is 2. The van der Waals surface area contributed by atoms with Crippen molar-refractivity contribution in [2.24, 2.45) is 0 Å². The van der Waals surface area contributed by atoms with Crippen LogP contribution < -0.4 is 21.9 Å². The van der Waals surface area contributed by atoms with E-state index in [1.807, 2.05) is 0 Å². The molecule has 20 nitrogen and oxygen atoms in total. The molecule has 13 N–H and O–H groups in total. The molecule has 300 valence electrons. The van der Waals surface area contributed by atoms with Gasteiger partial charge in [0.1, 0.15) is 84.0 Å². The summed E-state index contributed by atoms with van der Waals surface area (Å²) in [6.45, 7) is 0.0730. The Morgan fingerprint density at radius 1 is 0.611 bits per heavy atom. The number of ether oxygens (including phenoxy) is 6. The molecule has 4 heterocycles. The van der Waals surface area contributed by atoms with E-state index >= 15 is 0 Å². The number of aromatic hydroxyl groups is 3. The molecule has 3 aliphatic rings. The molecule has 3 aromatic rings. The van der Waals surface area contributed by atoms with E-state index in [4.69, 9.17) is 32.8 Å². The Morgan fingerprint density at radius 2 is 1.19 bits per heavy atom. The topological polar surface area (TPSA) is 330 Å². The van der Waals surface area contributed by atoms with Crippen LogP contribution in [0, 0.1) is 0 Å². The normalized spacial score (nSPS) is 37.1. The molecule has 2 aromatic carbocycles. The molecule has 0 amide bonds. The molecule has 0 bridgehead atoms. The summed E-state index contributed by atoms with van der Waals surface area (Å²) in [5, 5.41) is 134. The van der Waals surface area contributed by atoms with E-state index in [2.05, 4.69) is 0 Å². The quantitative estimate of drug-likeness (QED) is 0.0708. The van der Waals surface area contributed by atoms with Gasteiger partial charge in [0.2, 0.25) is 18.3 Å². The fraction of sp³-hybridized carbons (Fsp3) is 0.545. The van der Waals surface area contributed by atoms with Crippen molar-refractivity contribution in [1.82, 2.24) is 0 Å². The van der Waals surface area contributed by atoms with E-state index in [9.17, 15) is 66.4 Å². The van der Waals surface area contributed by atoms with Crippen molar-refractivity contribution < 1.29 is 112 Å². The van der Waals surface area contributed by atoms with Gasteiger partial charge < -0.3 is 107 Å². The Labute approximate surface area is 311 Å². The first kappa shape index (κ1) is 41.7. The second-order valence-electron chi connectivity index (χ2n) is 13.0. The van der Waals surface area contributed by atoms with E-state index in [0.717, 1.165) is 24.3 Å². The van der Waals surface area contributed by atoms with Crippen LogP contribution in [0.15, 0.2) is 40.8 Å². The van der Waals surface area contributed by atoms with Gasteiger partial charge in [-0.3, -0.25) is 0 Å². The van der Waals surface area contributed by atoms with Crippen molar-refractivity contribution in [3.8, 4) is 40.1 Å². The molecule has 0 saturated carbocycles. The number of hydrogen-bond donors (Lipinski definition) is 13. The summed E-state index contributed by atoms with van der Waals surface area (Å²) in [7, 11) is 0. The maximum absolute atomic E-state index is 10.9. The second-order valence-corrected chi connectivity index (χ2v) is 13.0. The number of fused-ring (bicyclic) bond motifs is 1. The number of aliphatic hydroxyl groups is 10. The number of hydrogen-bond acceptors (Lipinski definition) is 19. The van der Waals surface area contributed by atoms with Gasteiger partial charge in [-0.05, 0) is 19.1 Å². The third kappa shape index (κ3) is 8.09. The highest BCUT2D eigenvalue weighted by Gasteiger charge is 2.49. The monoisotopic (exact) mass is 792 g/mol. The smallest absolute Gasteiger partial charge is 0.402 e. The molecule has 0 spiro atoms. The third-order valence-corrected chi connectivity index (χ3v) is 9.27. The summed E-state index contributed by atoms with van der Waals surface area (Å²) in [5.41, 5.74) is -0.0417. The van der Waals surface area contributed by atoms with E-state index in [0.29, 0.717) is 0 Å². The fourth-order valence-corrected chi connectivity index (χ4v) is 6.13. The Balaban J connectivity index is 0.00000561. The van der Waals surface area contributed by atoms with Gasteiger partial charge in [0.25, 0.3) is 0 Å². The highest BCUT2D eigenvalue weighted by molar-refractivity contribution is 5.89. The van der Waals surface area contributed by atoms with Crippen molar-refractivity contribution in [1.29, 1.82) is 0 Å². The van der Waals surface area contributed by atoms with Crippen LogP contribution in [0.2, 0.25) is 0 Å². The molecule has 0 radical (unpaired) electrons. The summed E-state index contributed by atoms with van der Waals surface area (Å²) < 4.78 is 40.0. The van der Waals surface area contributed by atoms with Crippen LogP contribution in [0.1, 0.15) is 6.92 Å². The third-order valence-electron chi connectivity index (χ3n) is 9.27. The van der Waals surface area contributed by atoms with Gasteiger partial charge in [-0.15, -0.1) is 0 Å². The zero-order valence-electron chi connectivity index (χ0n) is 28.1. The van der Waals surface area contributed by atoms with E-state index in [-0.39, 0.29) is 46.2 Å². The molecule has 1 aromatic heterocycles. The van der Waals surface area contributed by atoms with Crippen LogP contribution in [0.4, 0.5) is 0 Å². The minimum atomic E-state index is -1.93. The SMILES string of the molecule is C[C@@H]1O[C@@H](OC[C@H]2O[C@@H](Oc3cc4c(O[C@@H]5O[C@H](CO)[C@@H](O)[C@H](O)[C@H]5O)cc(O)cc4[o+]c3-c3ccc(O)c(O)c3)[C@H](O)[C@@H](O)[C@@H]2O)[C@H](O)[C@H](O)[C@H]1O.[Cl-]. The molecule has 6 rings (SSSR count). The fourth-order valence-electron chi connectivity index (χ4n) is 6.13. The molecular formula is C33H41ClO20. The second kappa shape index (κ2) is 16.8. The molecule has 3 aliphatic heterocycles. The maximum atomic E-state index is 10.9. The highest BCUT2D eigenvalue weighted by atomic mass is 35.5. The van der Waals surface area contributed by atoms with Crippen molar-refractivity contribution in [2.45, 2.75) is 99.0 Å². The summed E-state index contributed by atoms with van der Waals surface area (Å²) in [6.07, 6.45) is -24.5. The number of aliphatic hydroxyl groups excluding tert-OH is 10. The minimum absolute atomic E-state index is 0. The lowest BCUT2D eigenvalue weighted by molar-refractivity contribution is -0.318. The van der Waals surface area contributed by atoms with Gasteiger partial charge >= 0.3 is 11.3 Å². The zero-order chi connectivity index (χ0) is 38.5. The van der Waals surface area contributed by atoms with Gasteiger partial charge in [0, 0.05) is 18.2 Å². The van der Waals surface area contributed by atoms with Crippen LogP contribution >= 0.6 is 0 Å². The van der Waals surface area contributed by atoms with Gasteiger partial charge in [-0.2, -0.15) is 0 Å². The Bertz CT molecular complexity index is 1750. The largest absolute Gasteiger partial charge is 1.00 e. The lowest BCUT2D eigenvalue weighted by Gasteiger charge is -2.42. The molecule has 0 aliphatic carbocycles. The van der Waals surface area contributed by atoms with Crippen molar-refractivity contribution >= 4 is 11.0 Å².